The number of carbonyl (C=O) groups is 1. The van der Waals surface area contributed by atoms with Crippen LogP contribution >= 0.6 is 0 Å². The molecule has 0 bridgehead atoms. The molecule has 166 valence electrons. The summed E-state index contributed by atoms with van der Waals surface area (Å²) < 4.78 is 22.5. The minimum Gasteiger partial charge on any atom is -0.493 e. The van der Waals surface area contributed by atoms with Gasteiger partial charge in [0.05, 0.1) is 13.2 Å². The first-order chi connectivity index (χ1) is 15.0. The van der Waals surface area contributed by atoms with E-state index in [0.717, 1.165) is 31.1 Å². The molecule has 0 atom stereocenters. The highest BCUT2D eigenvalue weighted by Gasteiger charge is 2.24. The lowest BCUT2D eigenvalue weighted by atomic mass is 10.1. The van der Waals surface area contributed by atoms with Crippen molar-refractivity contribution < 1.29 is 23.7 Å². The van der Waals surface area contributed by atoms with Gasteiger partial charge in [-0.05, 0) is 49.7 Å². The Bertz CT molecular complexity index is 922. The monoisotopic (exact) mass is 426 g/mol. The largest absolute Gasteiger partial charge is 0.493 e. The summed E-state index contributed by atoms with van der Waals surface area (Å²) in [7, 11) is 1.59. The summed E-state index contributed by atoms with van der Waals surface area (Å²) in [5, 5.41) is 0. The molecule has 0 aliphatic carbocycles. The van der Waals surface area contributed by atoms with Crippen molar-refractivity contribution in [3.63, 3.8) is 0 Å². The fourth-order valence-corrected chi connectivity index (χ4v) is 3.89. The Morgan fingerprint density at radius 2 is 1.71 bits per heavy atom. The summed E-state index contributed by atoms with van der Waals surface area (Å²) in [6.45, 7) is 8.97. The number of benzene rings is 2. The van der Waals surface area contributed by atoms with Gasteiger partial charge < -0.3 is 23.8 Å². The van der Waals surface area contributed by atoms with Gasteiger partial charge in [-0.1, -0.05) is 6.07 Å². The van der Waals surface area contributed by atoms with E-state index in [0.29, 0.717) is 43.4 Å². The Morgan fingerprint density at radius 1 is 0.968 bits per heavy atom. The van der Waals surface area contributed by atoms with Crippen LogP contribution in [0.2, 0.25) is 0 Å². The summed E-state index contributed by atoms with van der Waals surface area (Å²) in [5.41, 5.74) is 1.81. The van der Waals surface area contributed by atoms with Crippen LogP contribution in [0.5, 0.6) is 23.0 Å². The number of nitrogens with zero attached hydrogens (tertiary/aromatic N) is 2. The summed E-state index contributed by atoms with van der Waals surface area (Å²) in [4.78, 5) is 17.3. The number of amides is 1. The maximum Gasteiger partial charge on any atom is 0.254 e. The Hall–Kier alpha value is -2.93. The van der Waals surface area contributed by atoms with E-state index in [9.17, 15) is 4.79 Å². The minimum atomic E-state index is 0.0216. The van der Waals surface area contributed by atoms with E-state index >= 15 is 0 Å². The van der Waals surface area contributed by atoms with Crippen LogP contribution in [-0.4, -0.2) is 68.3 Å². The highest BCUT2D eigenvalue weighted by atomic mass is 16.6. The van der Waals surface area contributed by atoms with Gasteiger partial charge in [0.15, 0.2) is 23.0 Å². The number of rotatable bonds is 6. The van der Waals surface area contributed by atoms with E-state index < -0.39 is 0 Å². The van der Waals surface area contributed by atoms with Crippen molar-refractivity contribution in [2.24, 2.45) is 0 Å². The van der Waals surface area contributed by atoms with Crippen LogP contribution in [0.15, 0.2) is 36.4 Å². The van der Waals surface area contributed by atoms with Gasteiger partial charge in [0.25, 0.3) is 5.91 Å². The Morgan fingerprint density at radius 3 is 2.42 bits per heavy atom. The third kappa shape index (κ3) is 5.05. The quantitative estimate of drug-likeness (QED) is 0.707. The van der Waals surface area contributed by atoms with Crippen LogP contribution in [0.25, 0.3) is 0 Å². The summed E-state index contributed by atoms with van der Waals surface area (Å²) in [6.07, 6.45) is 0.0396. The van der Waals surface area contributed by atoms with Gasteiger partial charge in [0.1, 0.15) is 13.2 Å². The van der Waals surface area contributed by atoms with Crippen molar-refractivity contribution in [1.82, 2.24) is 9.80 Å². The van der Waals surface area contributed by atoms with Crippen molar-refractivity contribution in [2.45, 2.75) is 26.5 Å². The van der Waals surface area contributed by atoms with E-state index in [-0.39, 0.29) is 12.0 Å². The highest BCUT2D eigenvalue weighted by Crippen LogP contribution is 2.32. The van der Waals surface area contributed by atoms with Crippen LogP contribution < -0.4 is 18.9 Å². The standard InChI is InChI=1S/C24H30N2O5/c1-17(2)31-21-7-5-19(15-22(21)28-3)24(27)26-10-8-25(9-11-26)16-18-4-6-20-23(14-18)30-13-12-29-20/h4-7,14-15,17H,8-13,16H2,1-3H3. The fraction of sp³-hybridized carbons (Fsp3) is 0.458. The third-order valence-corrected chi connectivity index (χ3v) is 5.45. The second-order valence-electron chi connectivity index (χ2n) is 8.08. The van der Waals surface area contributed by atoms with Gasteiger partial charge in [0, 0.05) is 38.3 Å². The second-order valence-corrected chi connectivity index (χ2v) is 8.08. The van der Waals surface area contributed by atoms with Gasteiger partial charge in [-0.25, -0.2) is 0 Å². The number of hydrogen-bond donors (Lipinski definition) is 0. The number of hydrogen-bond acceptors (Lipinski definition) is 6. The zero-order valence-electron chi connectivity index (χ0n) is 18.4. The Balaban J connectivity index is 1.34. The van der Waals surface area contributed by atoms with E-state index in [1.807, 2.05) is 36.9 Å². The summed E-state index contributed by atoms with van der Waals surface area (Å²) in [6, 6.07) is 11.5. The number of methoxy groups -OCH3 is 1. The lowest BCUT2D eigenvalue weighted by Crippen LogP contribution is -2.48. The Kier molecular flexibility index (Phi) is 6.51. The predicted molar refractivity (Wildman–Crippen MR) is 117 cm³/mol. The first kappa shape index (κ1) is 21.3. The van der Waals surface area contributed by atoms with E-state index in [2.05, 4.69) is 17.0 Å². The molecular weight excluding hydrogens is 396 g/mol. The van der Waals surface area contributed by atoms with E-state index in [1.54, 1.807) is 13.2 Å². The molecule has 0 aromatic heterocycles. The van der Waals surface area contributed by atoms with Crippen LogP contribution in [-0.2, 0) is 6.54 Å². The van der Waals surface area contributed by atoms with Crippen LogP contribution in [0.3, 0.4) is 0 Å². The zero-order valence-corrected chi connectivity index (χ0v) is 18.4. The average Bonchev–Trinajstić information content (AvgIpc) is 2.79. The van der Waals surface area contributed by atoms with E-state index in [1.165, 1.54) is 5.56 Å². The maximum atomic E-state index is 13.0. The lowest BCUT2D eigenvalue weighted by molar-refractivity contribution is 0.0628. The molecule has 0 saturated carbocycles. The van der Waals surface area contributed by atoms with Crippen molar-refractivity contribution in [2.75, 3.05) is 46.5 Å². The molecular formula is C24H30N2O5. The van der Waals surface area contributed by atoms with Crippen molar-refractivity contribution in [1.29, 1.82) is 0 Å². The minimum absolute atomic E-state index is 0.0216. The molecule has 0 N–H and O–H groups in total. The molecule has 1 saturated heterocycles. The molecule has 7 heteroatoms. The smallest absolute Gasteiger partial charge is 0.254 e. The third-order valence-electron chi connectivity index (χ3n) is 5.45. The van der Waals surface area contributed by atoms with Gasteiger partial charge in [0.2, 0.25) is 0 Å². The molecule has 2 aromatic carbocycles. The zero-order chi connectivity index (χ0) is 21.8. The molecule has 0 spiro atoms. The SMILES string of the molecule is COc1cc(C(=O)N2CCN(Cc3ccc4c(c3)OCCO4)CC2)ccc1OC(C)C. The molecule has 1 fully saturated rings. The van der Waals surface area contributed by atoms with Crippen molar-refractivity contribution in [3.05, 3.63) is 47.5 Å². The van der Waals surface area contributed by atoms with Crippen LogP contribution in [0.1, 0.15) is 29.8 Å². The average molecular weight is 427 g/mol. The molecule has 4 rings (SSSR count). The molecule has 2 aliphatic heterocycles. The number of piperazine rings is 1. The number of ether oxygens (including phenoxy) is 4. The van der Waals surface area contributed by atoms with Gasteiger partial charge in [-0.15, -0.1) is 0 Å². The second kappa shape index (κ2) is 9.47. The van der Waals surface area contributed by atoms with Crippen LogP contribution in [0.4, 0.5) is 0 Å². The molecule has 0 radical (unpaired) electrons. The molecule has 1 amide bonds. The molecule has 2 aliphatic rings. The molecule has 7 nitrogen and oxygen atoms in total. The summed E-state index contributed by atoms with van der Waals surface area (Å²) >= 11 is 0. The first-order valence-electron chi connectivity index (χ1n) is 10.8. The van der Waals surface area contributed by atoms with Crippen molar-refractivity contribution >= 4 is 5.91 Å². The lowest BCUT2D eigenvalue weighted by Gasteiger charge is -2.35. The van der Waals surface area contributed by atoms with Crippen LogP contribution in [0, 0.1) is 0 Å². The predicted octanol–water partition coefficient (Wildman–Crippen LogP) is 3.21. The molecule has 31 heavy (non-hydrogen) atoms. The Labute approximate surface area is 183 Å². The first-order valence-corrected chi connectivity index (χ1v) is 10.8. The molecule has 2 aromatic rings. The van der Waals surface area contributed by atoms with Gasteiger partial charge >= 0.3 is 0 Å². The number of carbonyl (C=O) groups excluding carboxylic acids is 1. The molecule has 0 unspecified atom stereocenters. The van der Waals surface area contributed by atoms with Gasteiger partial charge in [-0.3, -0.25) is 9.69 Å². The molecule has 2 heterocycles. The fourth-order valence-electron chi connectivity index (χ4n) is 3.89. The van der Waals surface area contributed by atoms with E-state index in [4.69, 9.17) is 18.9 Å². The maximum absolute atomic E-state index is 13.0. The highest BCUT2D eigenvalue weighted by molar-refractivity contribution is 5.95. The van der Waals surface area contributed by atoms with Crippen molar-refractivity contribution in [3.8, 4) is 23.0 Å². The normalized spacial score (nSPS) is 16.3. The number of fused-ring (bicyclic) bond motifs is 1. The van der Waals surface area contributed by atoms with Gasteiger partial charge in [-0.2, -0.15) is 0 Å². The topological polar surface area (TPSA) is 60.5 Å². The summed E-state index contributed by atoms with van der Waals surface area (Å²) in [5.74, 6) is 2.88.